The number of carbonyl (C=O) groups is 2. The fraction of sp³-hybridized carbons (Fsp3) is 0.500. The standard InChI is InChI=1S/C16H19NO3/c1-17(10-18)16(15(19)20)13-6-7-14(16)9-12-5-3-2-4-11(12)8-13/h2-5,10,13-14H,6-9H2,1H3,(H,19,20). The highest BCUT2D eigenvalue weighted by molar-refractivity contribution is 5.83. The minimum atomic E-state index is -1.04. The summed E-state index contributed by atoms with van der Waals surface area (Å²) in [4.78, 5) is 24.7. The number of carbonyl (C=O) groups excluding carboxylic acids is 1. The highest BCUT2D eigenvalue weighted by Gasteiger charge is 2.59. The molecule has 0 aliphatic heterocycles. The molecule has 0 radical (unpaired) electrons. The van der Waals surface area contributed by atoms with Crippen LogP contribution in [0.25, 0.3) is 0 Å². The molecular weight excluding hydrogens is 254 g/mol. The number of aliphatic carboxylic acids is 1. The van der Waals surface area contributed by atoms with E-state index >= 15 is 0 Å². The Morgan fingerprint density at radius 3 is 2.15 bits per heavy atom. The van der Waals surface area contributed by atoms with Crippen LogP contribution in [0.1, 0.15) is 24.0 Å². The molecule has 1 aromatic carbocycles. The van der Waals surface area contributed by atoms with E-state index < -0.39 is 11.5 Å². The number of hydrogen-bond acceptors (Lipinski definition) is 2. The van der Waals surface area contributed by atoms with E-state index in [2.05, 4.69) is 12.1 Å². The van der Waals surface area contributed by atoms with Gasteiger partial charge in [0.25, 0.3) is 0 Å². The van der Waals surface area contributed by atoms with Crippen molar-refractivity contribution in [3.05, 3.63) is 35.4 Å². The van der Waals surface area contributed by atoms with E-state index in [0.717, 1.165) is 25.7 Å². The molecule has 1 N–H and O–H groups in total. The molecule has 1 amide bonds. The number of carboxylic acids is 1. The summed E-state index contributed by atoms with van der Waals surface area (Å²) in [6, 6.07) is 8.18. The van der Waals surface area contributed by atoms with E-state index in [1.54, 1.807) is 7.05 Å². The van der Waals surface area contributed by atoms with Crippen LogP contribution in [0.2, 0.25) is 0 Å². The second-order valence-electron chi connectivity index (χ2n) is 5.99. The summed E-state index contributed by atoms with van der Waals surface area (Å²) in [5, 5.41) is 9.87. The van der Waals surface area contributed by atoms with Gasteiger partial charge in [0.1, 0.15) is 5.54 Å². The Balaban J connectivity index is 2.11. The number of likely N-dealkylation sites (N-methyl/N-ethyl adjacent to an activating group) is 1. The molecule has 2 bridgehead atoms. The molecule has 0 aromatic heterocycles. The van der Waals surface area contributed by atoms with Crippen molar-refractivity contribution in [2.45, 2.75) is 31.2 Å². The lowest BCUT2D eigenvalue weighted by Gasteiger charge is -2.40. The van der Waals surface area contributed by atoms with E-state index in [1.807, 2.05) is 12.1 Å². The smallest absolute Gasteiger partial charge is 0.330 e. The molecule has 20 heavy (non-hydrogen) atoms. The molecule has 1 fully saturated rings. The summed E-state index contributed by atoms with van der Waals surface area (Å²) in [5.74, 6) is -0.847. The molecule has 0 heterocycles. The van der Waals surface area contributed by atoms with Crippen LogP contribution in [-0.4, -0.2) is 35.0 Å². The minimum absolute atomic E-state index is 0.00356. The van der Waals surface area contributed by atoms with Gasteiger partial charge in [-0.2, -0.15) is 0 Å². The second kappa shape index (κ2) is 4.62. The maximum atomic E-state index is 12.0. The van der Waals surface area contributed by atoms with Crippen molar-refractivity contribution in [3.8, 4) is 0 Å². The van der Waals surface area contributed by atoms with Gasteiger partial charge >= 0.3 is 5.97 Å². The number of nitrogens with zero attached hydrogens (tertiary/aromatic N) is 1. The first-order valence-electron chi connectivity index (χ1n) is 7.09. The van der Waals surface area contributed by atoms with E-state index in [9.17, 15) is 14.7 Å². The van der Waals surface area contributed by atoms with Crippen LogP contribution >= 0.6 is 0 Å². The molecule has 3 rings (SSSR count). The number of fused-ring (bicyclic) bond motifs is 3. The number of carboxylic acid groups (broad SMARTS) is 1. The van der Waals surface area contributed by atoms with E-state index in [4.69, 9.17) is 0 Å². The Bertz CT molecular complexity index is 521. The molecule has 2 aliphatic rings. The molecule has 4 nitrogen and oxygen atoms in total. The Morgan fingerprint density at radius 1 is 1.25 bits per heavy atom. The summed E-state index contributed by atoms with van der Waals surface area (Å²) < 4.78 is 0. The van der Waals surface area contributed by atoms with Crippen molar-refractivity contribution >= 4 is 12.4 Å². The van der Waals surface area contributed by atoms with Crippen LogP contribution in [0.15, 0.2) is 24.3 Å². The maximum Gasteiger partial charge on any atom is 0.330 e. The van der Waals surface area contributed by atoms with Crippen LogP contribution in [0.5, 0.6) is 0 Å². The lowest BCUT2D eigenvalue weighted by atomic mass is 9.78. The molecule has 106 valence electrons. The molecule has 1 aromatic rings. The zero-order chi connectivity index (χ0) is 14.3. The Kier molecular flexibility index (Phi) is 3.04. The van der Waals surface area contributed by atoms with Crippen molar-refractivity contribution in [1.29, 1.82) is 0 Å². The Hall–Kier alpha value is -1.84. The predicted molar refractivity (Wildman–Crippen MR) is 74.3 cm³/mol. The van der Waals surface area contributed by atoms with Crippen LogP contribution in [0.4, 0.5) is 0 Å². The summed E-state index contributed by atoms with van der Waals surface area (Å²) in [6.07, 6.45) is 3.93. The van der Waals surface area contributed by atoms with Gasteiger partial charge in [0.2, 0.25) is 6.41 Å². The number of amides is 1. The topological polar surface area (TPSA) is 57.6 Å². The highest BCUT2D eigenvalue weighted by Crippen LogP contribution is 2.49. The first-order valence-corrected chi connectivity index (χ1v) is 7.09. The van der Waals surface area contributed by atoms with Crippen molar-refractivity contribution in [3.63, 3.8) is 0 Å². The summed E-state index contributed by atoms with van der Waals surface area (Å²) >= 11 is 0. The quantitative estimate of drug-likeness (QED) is 0.853. The minimum Gasteiger partial charge on any atom is -0.479 e. The third-order valence-electron chi connectivity index (χ3n) is 5.24. The predicted octanol–water partition coefficient (Wildman–Crippen LogP) is 1.72. The van der Waals surface area contributed by atoms with Gasteiger partial charge in [-0.1, -0.05) is 24.3 Å². The van der Waals surface area contributed by atoms with Crippen molar-refractivity contribution in [2.75, 3.05) is 7.05 Å². The highest BCUT2D eigenvalue weighted by atomic mass is 16.4. The maximum absolute atomic E-state index is 12.0. The van der Waals surface area contributed by atoms with Gasteiger partial charge in [-0.3, -0.25) is 4.79 Å². The molecule has 2 aliphatic carbocycles. The third kappa shape index (κ3) is 1.60. The van der Waals surface area contributed by atoms with E-state index in [-0.39, 0.29) is 11.8 Å². The molecule has 0 spiro atoms. The number of benzene rings is 1. The largest absolute Gasteiger partial charge is 0.479 e. The third-order valence-corrected chi connectivity index (χ3v) is 5.24. The van der Waals surface area contributed by atoms with Gasteiger partial charge in [-0.15, -0.1) is 0 Å². The van der Waals surface area contributed by atoms with Gasteiger partial charge < -0.3 is 10.0 Å². The molecule has 0 saturated heterocycles. The van der Waals surface area contributed by atoms with Crippen molar-refractivity contribution in [1.82, 2.24) is 4.90 Å². The Morgan fingerprint density at radius 2 is 1.75 bits per heavy atom. The average Bonchev–Trinajstić information content (AvgIpc) is 2.70. The monoisotopic (exact) mass is 273 g/mol. The van der Waals surface area contributed by atoms with Gasteiger partial charge in [0.15, 0.2) is 0 Å². The van der Waals surface area contributed by atoms with Crippen LogP contribution in [0.3, 0.4) is 0 Å². The van der Waals surface area contributed by atoms with E-state index in [1.165, 1.54) is 16.0 Å². The fourth-order valence-electron chi connectivity index (χ4n) is 4.34. The molecular formula is C16H19NO3. The normalized spacial score (nSPS) is 31.2. The molecule has 2 unspecified atom stereocenters. The molecule has 2 atom stereocenters. The molecule has 4 heteroatoms. The second-order valence-corrected chi connectivity index (χ2v) is 5.99. The summed E-state index contributed by atoms with van der Waals surface area (Å²) in [7, 11) is 1.61. The first-order chi connectivity index (χ1) is 9.60. The van der Waals surface area contributed by atoms with Crippen LogP contribution < -0.4 is 0 Å². The molecule has 1 saturated carbocycles. The van der Waals surface area contributed by atoms with Crippen molar-refractivity contribution in [2.24, 2.45) is 11.8 Å². The number of hydrogen-bond donors (Lipinski definition) is 1. The Labute approximate surface area is 118 Å². The lowest BCUT2D eigenvalue weighted by molar-refractivity contribution is -0.160. The van der Waals surface area contributed by atoms with Crippen LogP contribution in [-0.2, 0) is 22.4 Å². The van der Waals surface area contributed by atoms with Gasteiger partial charge in [-0.05, 0) is 48.6 Å². The first kappa shape index (κ1) is 13.2. The van der Waals surface area contributed by atoms with Gasteiger partial charge in [-0.25, -0.2) is 4.79 Å². The summed E-state index contributed by atoms with van der Waals surface area (Å²) in [5.41, 5.74) is 1.44. The van der Waals surface area contributed by atoms with Crippen LogP contribution in [0, 0.1) is 11.8 Å². The number of rotatable bonds is 3. The average molecular weight is 273 g/mol. The van der Waals surface area contributed by atoms with Crippen molar-refractivity contribution < 1.29 is 14.7 Å². The zero-order valence-electron chi connectivity index (χ0n) is 11.6. The van der Waals surface area contributed by atoms with Gasteiger partial charge in [0, 0.05) is 7.05 Å². The van der Waals surface area contributed by atoms with Gasteiger partial charge in [0.05, 0.1) is 0 Å². The lowest BCUT2D eigenvalue weighted by Crippen LogP contribution is -2.59. The zero-order valence-corrected chi connectivity index (χ0v) is 11.6. The van der Waals surface area contributed by atoms with E-state index in [0.29, 0.717) is 6.41 Å². The SMILES string of the molecule is CN(C=O)C1(C(=O)O)C2CCC1Cc1ccccc1C2. The fourth-order valence-corrected chi connectivity index (χ4v) is 4.34. The summed E-state index contributed by atoms with van der Waals surface area (Å²) in [6.45, 7) is 0.